The summed E-state index contributed by atoms with van der Waals surface area (Å²) in [6.07, 6.45) is 0. The molecular formula is C9H10N4OS. The van der Waals surface area contributed by atoms with E-state index in [-0.39, 0.29) is 5.37 Å². The van der Waals surface area contributed by atoms with Crippen molar-refractivity contribution in [2.45, 2.75) is 5.37 Å². The summed E-state index contributed by atoms with van der Waals surface area (Å²) in [5.74, 6) is 5.07. The van der Waals surface area contributed by atoms with Crippen molar-refractivity contribution in [3.63, 3.8) is 0 Å². The number of hydrazone groups is 1. The number of rotatable bonds is 1. The molecule has 15 heavy (non-hydrogen) atoms. The maximum absolute atomic E-state index is 11.4. The van der Waals surface area contributed by atoms with E-state index in [1.54, 1.807) is 5.55 Å². The lowest BCUT2D eigenvalue weighted by molar-refractivity contribution is 0.198. The van der Waals surface area contributed by atoms with Crippen LogP contribution in [0.3, 0.4) is 0 Å². The summed E-state index contributed by atoms with van der Waals surface area (Å²) >= 11 is 1.47. The van der Waals surface area contributed by atoms with Gasteiger partial charge in [0.1, 0.15) is 5.37 Å². The molecule has 1 aromatic carbocycles. The number of nitrogens with two attached hydrogens (primary N) is 1. The van der Waals surface area contributed by atoms with E-state index in [9.17, 15) is 4.79 Å². The van der Waals surface area contributed by atoms with Gasteiger partial charge in [-0.3, -0.25) is 5.43 Å². The third-order valence-corrected chi connectivity index (χ3v) is 2.95. The second kappa shape index (κ2) is 4.33. The lowest BCUT2D eigenvalue weighted by Crippen LogP contribution is -2.40. The molecular weight excluding hydrogens is 212 g/mol. The summed E-state index contributed by atoms with van der Waals surface area (Å²) in [6.45, 7) is 0. The predicted molar refractivity (Wildman–Crippen MR) is 59.8 cm³/mol. The first-order valence-corrected chi connectivity index (χ1v) is 5.30. The Hall–Kier alpha value is -1.53. The van der Waals surface area contributed by atoms with Crippen LogP contribution in [0.1, 0.15) is 10.9 Å². The van der Waals surface area contributed by atoms with Gasteiger partial charge in [-0.15, -0.1) is 0 Å². The number of urea groups is 1. The van der Waals surface area contributed by atoms with E-state index in [4.69, 9.17) is 5.84 Å². The number of thioether (sulfide) groups is 1. The molecule has 5 nitrogen and oxygen atoms in total. The average molecular weight is 222 g/mol. The molecule has 0 fully saturated rings. The van der Waals surface area contributed by atoms with Gasteiger partial charge >= 0.3 is 6.03 Å². The van der Waals surface area contributed by atoms with E-state index in [0.29, 0.717) is 0 Å². The zero-order valence-corrected chi connectivity index (χ0v) is 8.65. The molecule has 3 N–H and O–H groups in total. The Kier molecular flexibility index (Phi) is 2.89. The van der Waals surface area contributed by atoms with Gasteiger partial charge in [0.15, 0.2) is 0 Å². The Morgan fingerprint density at radius 2 is 2.20 bits per heavy atom. The maximum Gasteiger partial charge on any atom is 0.353 e. The van der Waals surface area contributed by atoms with E-state index in [1.807, 2.05) is 30.3 Å². The minimum atomic E-state index is -0.412. The monoisotopic (exact) mass is 222 g/mol. The zero-order chi connectivity index (χ0) is 10.7. The Bertz CT molecular complexity index is 381. The minimum absolute atomic E-state index is 0.130. The number of hydrogen-bond donors (Lipinski definition) is 2. The molecule has 1 unspecified atom stereocenters. The first-order chi connectivity index (χ1) is 7.33. The van der Waals surface area contributed by atoms with Crippen LogP contribution in [0.15, 0.2) is 35.4 Å². The number of nitrogens with zero attached hydrogens (tertiary/aromatic N) is 2. The molecule has 0 saturated heterocycles. The lowest BCUT2D eigenvalue weighted by atomic mass is 10.2. The van der Waals surface area contributed by atoms with Crippen molar-refractivity contribution in [1.82, 2.24) is 10.4 Å². The van der Waals surface area contributed by atoms with Gasteiger partial charge in [0.2, 0.25) is 0 Å². The van der Waals surface area contributed by atoms with Gasteiger partial charge < -0.3 is 0 Å². The number of benzene rings is 1. The van der Waals surface area contributed by atoms with Crippen LogP contribution in [-0.4, -0.2) is 16.6 Å². The fourth-order valence-electron chi connectivity index (χ4n) is 1.32. The molecule has 1 heterocycles. The molecule has 2 rings (SSSR count). The van der Waals surface area contributed by atoms with Crippen molar-refractivity contribution in [3.8, 4) is 0 Å². The number of amides is 2. The van der Waals surface area contributed by atoms with E-state index < -0.39 is 6.03 Å². The Morgan fingerprint density at radius 3 is 2.87 bits per heavy atom. The fourth-order valence-corrected chi connectivity index (χ4v) is 2.17. The number of carbonyl (C=O) groups is 1. The summed E-state index contributed by atoms with van der Waals surface area (Å²) < 4.78 is 0. The highest BCUT2D eigenvalue weighted by atomic mass is 32.2. The van der Waals surface area contributed by atoms with Gasteiger partial charge in [0, 0.05) is 0 Å². The van der Waals surface area contributed by atoms with Crippen LogP contribution in [0.2, 0.25) is 0 Å². The number of carbonyl (C=O) groups excluding carboxylic acids is 1. The molecule has 1 aromatic rings. The summed E-state index contributed by atoms with van der Waals surface area (Å²) in [5.41, 5.74) is 4.72. The van der Waals surface area contributed by atoms with Crippen LogP contribution < -0.4 is 11.3 Å². The number of hydrogen-bond acceptors (Lipinski definition) is 4. The molecule has 6 heteroatoms. The summed E-state index contributed by atoms with van der Waals surface area (Å²) in [4.78, 5) is 11.4. The van der Waals surface area contributed by atoms with Crippen LogP contribution in [-0.2, 0) is 0 Å². The quantitative estimate of drug-likeness (QED) is 0.427. The largest absolute Gasteiger partial charge is 0.353 e. The van der Waals surface area contributed by atoms with Crippen molar-refractivity contribution in [3.05, 3.63) is 35.9 Å². The number of hydrazine groups is 1. The van der Waals surface area contributed by atoms with Gasteiger partial charge in [0.05, 0.1) is 5.55 Å². The van der Waals surface area contributed by atoms with Crippen molar-refractivity contribution >= 4 is 23.3 Å². The first kappa shape index (κ1) is 10.0. The molecule has 0 bridgehead atoms. The Labute approximate surface area is 91.3 Å². The predicted octanol–water partition coefficient (Wildman–Crippen LogP) is 1.26. The highest BCUT2D eigenvalue weighted by molar-refractivity contribution is 8.12. The van der Waals surface area contributed by atoms with Crippen LogP contribution in [0.4, 0.5) is 4.79 Å². The summed E-state index contributed by atoms with van der Waals surface area (Å²) in [7, 11) is 0. The second-order valence-corrected chi connectivity index (χ2v) is 3.84. The summed E-state index contributed by atoms with van der Waals surface area (Å²) in [5, 5.41) is 5.13. The summed E-state index contributed by atoms with van der Waals surface area (Å²) in [6, 6.07) is 9.26. The van der Waals surface area contributed by atoms with Crippen LogP contribution in [0, 0.1) is 0 Å². The van der Waals surface area contributed by atoms with E-state index in [2.05, 4.69) is 10.5 Å². The molecule has 0 aliphatic carbocycles. The van der Waals surface area contributed by atoms with E-state index >= 15 is 0 Å². The fraction of sp³-hybridized carbons (Fsp3) is 0.111. The van der Waals surface area contributed by atoms with Crippen LogP contribution >= 0.6 is 11.8 Å². The van der Waals surface area contributed by atoms with Crippen molar-refractivity contribution in [2.24, 2.45) is 10.9 Å². The highest BCUT2D eigenvalue weighted by Gasteiger charge is 2.28. The Balaban J connectivity index is 2.21. The highest BCUT2D eigenvalue weighted by Crippen LogP contribution is 2.35. The van der Waals surface area contributed by atoms with Gasteiger partial charge in [-0.2, -0.15) is 10.1 Å². The topological polar surface area (TPSA) is 70.7 Å². The zero-order valence-electron chi connectivity index (χ0n) is 7.83. The third-order valence-electron chi connectivity index (χ3n) is 2.00. The van der Waals surface area contributed by atoms with Crippen molar-refractivity contribution in [2.75, 3.05) is 0 Å². The molecule has 1 atom stereocenters. The van der Waals surface area contributed by atoms with Gasteiger partial charge in [0.25, 0.3) is 0 Å². The van der Waals surface area contributed by atoms with E-state index in [1.165, 1.54) is 16.8 Å². The first-order valence-electron chi connectivity index (χ1n) is 4.35. The molecule has 1 aliphatic rings. The van der Waals surface area contributed by atoms with Gasteiger partial charge in [-0.1, -0.05) is 42.1 Å². The standard InChI is InChI=1S/C9H10N4OS/c10-12-9(14)13-8(15-6-11-13)7-4-2-1-3-5-7/h1-6,8H,10H2,(H,12,14). The maximum atomic E-state index is 11.4. The lowest BCUT2D eigenvalue weighted by Gasteiger charge is -2.20. The average Bonchev–Trinajstić information content (AvgIpc) is 2.78. The molecule has 78 valence electrons. The van der Waals surface area contributed by atoms with Gasteiger partial charge in [-0.25, -0.2) is 10.6 Å². The third kappa shape index (κ3) is 1.95. The van der Waals surface area contributed by atoms with Crippen LogP contribution in [0.5, 0.6) is 0 Å². The SMILES string of the molecule is NNC(=O)N1N=CSC1c1ccccc1. The van der Waals surface area contributed by atoms with Crippen molar-refractivity contribution in [1.29, 1.82) is 0 Å². The molecule has 0 saturated carbocycles. The second-order valence-electron chi connectivity index (χ2n) is 2.91. The molecule has 0 spiro atoms. The molecule has 2 amide bonds. The van der Waals surface area contributed by atoms with E-state index in [0.717, 1.165) is 5.56 Å². The number of nitrogens with one attached hydrogen (secondary N) is 1. The minimum Gasteiger partial charge on any atom is -0.274 e. The van der Waals surface area contributed by atoms with Crippen molar-refractivity contribution < 1.29 is 4.79 Å². The smallest absolute Gasteiger partial charge is 0.274 e. The molecule has 0 aromatic heterocycles. The molecule has 1 aliphatic heterocycles. The Morgan fingerprint density at radius 1 is 1.47 bits per heavy atom. The van der Waals surface area contributed by atoms with Crippen LogP contribution in [0.25, 0.3) is 0 Å². The normalized spacial score (nSPS) is 19.3. The van der Waals surface area contributed by atoms with Gasteiger partial charge in [-0.05, 0) is 5.56 Å². The molecule has 0 radical (unpaired) electrons.